The van der Waals surface area contributed by atoms with Gasteiger partial charge in [-0.15, -0.1) is 0 Å². The predicted molar refractivity (Wildman–Crippen MR) is 152 cm³/mol. The molecule has 0 amide bonds. The van der Waals surface area contributed by atoms with E-state index >= 15 is 0 Å². The Balaban J connectivity index is 2.99. The SMILES string of the molecule is CCCCCCCCCCCCCCCCCCCCCCCCCCCCNCCCN. The molecular weight excluding hydrogens is 400 g/mol. The van der Waals surface area contributed by atoms with E-state index in [1.54, 1.807) is 0 Å². The van der Waals surface area contributed by atoms with Gasteiger partial charge in [-0.25, -0.2) is 0 Å². The van der Waals surface area contributed by atoms with Crippen LogP contribution in [-0.2, 0) is 0 Å². The zero-order valence-corrected chi connectivity index (χ0v) is 23.3. The molecule has 3 N–H and O–H groups in total. The van der Waals surface area contributed by atoms with Crippen LogP contribution in [0, 0.1) is 0 Å². The molecule has 2 nitrogen and oxygen atoms in total. The molecule has 0 aliphatic carbocycles. The third-order valence-corrected chi connectivity index (χ3v) is 7.26. The van der Waals surface area contributed by atoms with Crippen LogP contribution in [0.5, 0.6) is 0 Å². The highest BCUT2D eigenvalue weighted by atomic mass is 14.8. The molecule has 33 heavy (non-hydrogen) atoms. The van der Waals surface area contributed by atoms with E-state index in [1.807, 2.05) is 0 Å². The number of hydrogen-bond acceptors (Lipinski definition) is 2. The highest BCUT2D eigenvalue weighted by Crippen LogP contribution is 2.15. The average Bonchev–Trinajstić information content (AvgIpc) is 2.83. The molecule has 0 aliphatic heterocycles. The van der Waals surface area contributed by atoms with Gasteiger partial charge < -0.3 is 11.1 Å². The Morgan fingerprint density at radius 3 is 0.848 bits per heavy atom. The van der Waals surface area contributed by atoms with Gasteiger partial charge in [0.15, 0.2) is 0 Å². The molecule has 0 saturated heterocycles. The van der Waals surface area contributed by atoms with Gasteiger partial charge in [-0.1, -0.05) is 167 Å². The standard InChI is InChI=1S/C31H66N2/c1-2-3-4-5-6-7-8-9-10-11-12-13-14-15-16-17-18-19-20-21-22-23-24-25-26-27-30-33-31-28-29-32/h33H,2-32H2,1H3. The van der Waals surface area contributed by atoms with Crippen LogP contribution in [0.1, 0.15) is 180 Å². The van der Waals surface area contributed by atoms with Crippen LogP contribution in [-0.4, -0.2) is 19.6 Å². The minimum atomic E-state index is 0.812. The van der Waals surface area contributed by atoms with Gasteiger partial charge in [0.05, 0.1) is 0 Å². The summed E-state index contributed by atoms with van der Waals surface area (Å²) in [5.74, 6) is 0. The third kappa shape index (κ3) is 31.9. The van der Waals surface area contributed by atoms with E-state index in [4.69, 9.17) is 5.73 Å². The quantitative estimate of drug-likeness (QED) is 0.103. The topological polar surface area (TPSA) is 38.0 Å². The molecular formula is C31H66N2. The lowest BCUT2D eigenvalue weighted by Crippen LogP contribution is -2.19. The van der Waals surface area contributed by atoms with Gasteiger partial charge >= 0.3 is 0 Å². The average molecular weight is 467 g/mol. The molecule has 0 fully saturated rings. The molecule has 0 aromatic carbocycles. The predicted octanol–water partition coefficient (Wildman–Crippen LogP) is 10.1. The first-order chi connectivity index (χ1) is 16.4. The molecule has 0 heterocycles. The van der Waals surface area contributed by atoms with Crippen LogP contribution >= 0.6 is 0 Å². The second kappa shape index (κ2) is 31.9. The highest BCUT2D eigenvalue weighted by molar-refractivity contribution is 4.53. The largest absolute Gasteiger partial charge is 0.330 e. The summed E-state index contributed by atoms with van der Waals surface area (Å²) in [5, 5.41) is 3.47. The monoisotopic (exact) mass is 467 g/mol. The number of nitrogens with two attached hydrogens (primary N) is 1. The molecule has 0 bridgehead atoms. The van der Waals surface area contributed by atoms with Gasteiger partial charge in [-0.2, -0.15) is 0 Å². The number of unbranched alkanes of at least 4 members (excludes halogenated alkanes) is 25. The molecule has 0 unspecified atom stereocenters. The maximum atomic E-state index is 5.50. The van der Waals surface area contributed by atoms with Crippen molar-refractivity contribution in [1.29, 1.82) is 0 Å². The van der Waals surface area contributed by atoms with Crippen molar-refractivity contribution >= 4 is 0 Å². The van der Waals surface area contributed by atoms with Crippen molar-refractivity contribution in [1.82, 2.24) is 5.32 Å². The van der Waals surface area contributed by atoms with E-state index in [0.717, 1.165) is 19.5 Å². The van der Waals surface area contributed by atoms with E-state index in [0.29, 0.717) is 0 Å². The summed E-state index contributed by atoms with van der Waals surface area (Å²) in [6, 6.07) is 0. The van der Waals surface area contributed by atoms with Crippen molar-refractivity contribution in [3.63, 3.8) is 0 Å². The van der Waals surface area contributed by atoms with E-state index in [9.17, 15) is 0 Å². The van der Waals surface area contributed by atoms with Crippen molar-refractivity contribution < 1.29 is 0 Å². The minimum Gasteiger partial charge on any atom is -0.330 e. The molecule has 0 rings (SSSR count). The molecule has 0 saturated carbocycles. The van der Waals surface area contributed by atoms with Crippen molar-refractivity contribution in [3.8, 4) is 0 Å². The van der Waals surface area contributed by atoms with Gasteiger partial charge in [0.1, 0.15) is 0 Å². The lowest BCUT2D eigenvalue weighted by atomic mass is 10.0. The number of rotatable bonds is 30. The minimum absolute atomic E-state index is 0.812. The Hall–Kier alpha value is -0.0800. The highest BCUT2D eigenvalue weighted by Gasteiger charge is 1.96. The van der Waals surface area contributed by atoms with Crippen molar-refractivity contribution in [2.24, 2.45) is 5.73 Å². The molecule has 0 radical (unpaired) electrons. The van der Waals surface area contributed by atoms with Gasteiger partial charge in [-0.05, 0) is 32.5 Å². The van der Waals surface area contributed by atoms with Crippen molar-refractivity contribution in [3.05, 3.63) is 0 Å². The first-order valence-corrected chi connectivity index (χ1v) is 15.8. The van der Waals surface area contributed by atoms with Crippen LogP contribution in [0.25, 0.3) is 0 Å². The van der Waals surface area contributed by atoms with Crippen molar-refractivity contribution in [2.45, 2.75) is 180 Å². The van der Waals surface area contributed by atoms with Gasteiger partial charge in [0.25, 0.3) is 0 Å². The first-order valence-electron chi connectivity index (χ1n) is 15.8. The normalized spacial score (nSPS) is 11.5. The summed E-state index contributed by atoms with van der Waals surface area (Å²) in [4.78, 5) is 0. The summed E-state index contributed by atoms with van der Waals surface area (Å²) in [7, 11) is 0. The molecule has 0 aromatic heterocycles. The fourth-order valence-corrected chi connectivity index (χ4v) is 4.92. The Morgan fingerprint density at radius 2 is 0.576 bits per heavy atom. The van der Waals surface area contributed by atoms with E-state index in [2.05, 4.69) is 12.2 Å². The van der Waals surface area contributed by atoms with Crippen LogP contribution in [0.3, 0.4) is 0 Å². The maximum absolute atomic E-state index is 5.50. The Bertz CT molecular complexity index is 288. The molecule has 0 aliphatic rings. The van der Waals surface area contributed by atoms with Gasteiger partial charge in [0, 0.05) is 0 Å². The Morgan fingerprint density at radius 1 is 0.333 bits per heavy atom. The smallest absolute Gasteiger partial charge is 0.00369 e. The number of nitrogens with one attached hydrogen (secondary N) is 1. The molecule has 200 valence electrons. The van der Waals surface area contributed by atoms with E-state index < -0.39 is 0 Å². The summed E-state index contributed by atoms with van der Waals surface area (Å²) in [5.41, 5.74) is 5.50. The van der Waals surface area contributed by atoms with Crippen LogP contribution in [0.2, 0.25) is 0 Å². The lowest BCUT2D eigenvalue weighted by Gasteiger charge is -2.05. The summed E-state index contributed by atoms with van der Waals surface area (Å²) >= 11 is 0. The summed E-state index contributed by atoms with van der Waals surface area (Å²) in [6.07, 6.45) is 39.1. The third-order valence-electron chi connectivity index (χ3n) is 7.26. The maximum Gasteiger partial charge on any atom is -0.00369 e. The molecule has 0 aromatic rings. The van der Waals surface area contributed by atoms with Gasteiger partial charge in [-0.3, -0.25) is 0 Å². The fraction of sp³-hybridized carbons (Fsp3) is 1.00. The fourth-order valence-electron chi connectivity index (χ4n) is 4.92. The Labute approximate surface area is 211 Å². The zero-order valence-electron chi connectivity index (χ0n) is 23.3. The lowest BCUT2D eigenvalue weighted by molar-refractivity contribution is 0.514. The second-order valence-corrected chi connectivity index (χ2v) is 10.7. The second-order valence-electron chi connectivity index (χ2n) is 10.7. The summed E-state index contributed by atoms with van der Waals surface area (Å²) in [6.45, 7) is 5.39. The summed E-state index contributed by atoms with van der Waals surface area (Å²) < 4.78 is 0. The molecule has 0 spiro atoms. The van der Waals surface area contributed by atoms with Crippen LogP contribution < -0.4 is 11.1 Å². The molecule has 2 heteroatoms. The van der Waals surface area contributed by atoms with Gasteiger partial charge in [0.2, 0.25) is 0 Å². The van der Waals surface area contributed by atoms with E-state index in [-0.39, 0.29) is 0 Å². The first kappa shape index (κ1) is 32.9. The van der Waals surface area contributed by atoms with Crippen molar-refractivity contribution in [2.75, 3.05) is 19.6 Å². The van der Waals surface area contributed by atoms with Crippen LogP contribution in [0.15, 0.2) is 0 Å². The van der Waals surface area contributed by atoms with Crippen LogP contribution in [0.4, 0.5) is 0 Å². The Kier molecular flexibility index (Phi) is 31.8. The number of hydrogen-bond donors (Lipinski definition) is 2. The zero-order chi connectivity index (χ0) is 23.9. The molecule has 0 atom stereocenters. The van der Waals surface area contributed by atoms with E-state index in [1.165, 1.54) is 173 Å².